The summed E-state index contributed by atoms with van der Waals surface area (Å²) < 4.78 is 6.36. The molecule has 0 spiro atoms. The molecule has 0 aliphatic carbocycles. The van der Waals surface area contributed by atoms with E-state index in [4.69, 9.17) is 16.2 Å². The number of aromatic nitrogens is 3. The van der Waals surface area contributed by atoms with Gasteiger partial charge in [0.05, 0.1) is 24.1 Å². The highest BCUT2D eigenvalue weighted by molar-refractivity contribution is 5.99. The van der Waals surface area contributed by atoms with Crippen LogP contribution in [0, 0.1) is 5.92 Å². The van der Waals surface area contributed by atoms with Gasteiger partial charge in [0.15, 0.2) is 11.6 Å². The Morgan fingerprint density at radius 3 is 2.69 bits per heavy atom. The van der Waals surface area contributed by atoms with Crippen molar-refractivity contribution in [3.05, 3.63) is 71.8 Å². The van der Waals surface area contributed by atoms with E-state index in [0.29, 0.717) is 18.0 Å². The summed E-state index contributed by atoms with van der Waals surface area (Å²) in [6.07, 6.45) is 6.60. The van der Waals surface area contributed by atoms with E-state index in [1.165, 1.54) is 0 Å². The molecular weight excluding hydrogens is 402 g/mol. The number of hydrogen-bond acceptors (Lipinski definition) is 7. The Morgan fingerprint density at radius 2 is 1.94 bits per heavy atom. The maximum atomic E-state index is 13.2. The summed E-state index contributed by atoms with van der Waals surface area (Å²) >= 11 is 0. The van der Waals surface area contributed by atoms with Crippen LogP contribution in [0.5, 0.6) is 0 Å². The molecule has 2 aromatic heterocycles. The number of anilines is 1. The van der Waals surface area contributed by atoms with Crippen molar-refractivity contribution in [2.45, 2.75) is 51.4 Å². The van der Waals surface area contributed by atoms with E-state index in [2.05, 4.69) is 28.8 Å². The lowest BCUT2D eigenvalue weighted by Gasteiger charge is -2.36. The van der Waals surface area contributed by atoms with Crippen LogP contribution < -0.4 is 11.5 Å². The standard InChI is InChI=1S/C25H29N5O2/c1-15(2)22-11-18(26)12-23(32-22)19-8-9-28-13-17(19)10-21(31)24-25(27)29-14-20(30-24)16-6-4-3-5-7-16/h3-9,13-15,18,22-23H,10-12,26H2,1-2H3,(H2,27,29)/t18-,22-,23+/m0/s1. The number of carbonyl (C=O) groups is 1. The van der Waals surface area contributed by atoms with Crippen molar-refractivity contribution < 1.29 is 9.53 Å². The third-order valence-electron chi connectivity index (χ3n) is 5.91. The van der Waals surface area contributed by atoms with Gasteiger partial charge in [0.25, 0.3) is 0 Å². The summed E-state index contributed by atoms with van der Waals surface area (Å²) in [4.78, 5) is 26.2. The third-order valence-corrected chi connectivity index (χ3v) is 5.91. The van der Waals surface area contributed by atoms with Gasteiger partial charge in [-0.05, 0) is 36.0 Å². The first kappa shape index (κ1) is 22.0. The zero-order valence-corrected chi connectivity index (χ0v) is 18.4. The first-order chi connectivity index (χ1) is 15.4. The number of nitrogens with zero attached hydrogens (tertiary/aromatic N) is 3. The number of ketones is 1. The van der Waals surface area contributed by atoms with Crippen LogP contribution in [0.1, 0.15) is 54.4 Å². The van der Waals surface area contributed by atoms with Crippen molar-refractivity contribution in [1.82, 2.24) is 15.0 Å². The Hall–Kier alpha value is -3.16. The number of rotatable bonds is 6. The molecule has 7 heteroatoms. The number of hydrogen-bond donors (Lipinski definition) is 2. The highest BCUT2D eigenvalue weighted by Gasteiger charge is 2.31. The fourth-order valence-corrected chi connectivity index (χ4v) is 4.13. The maximum Gasteiger partial charge on any atom is 0.189 e. The van der Waals surface area contributed by atoms with Crippen LogP contribution >= 0.6 is 0 Å². The average Bonchev–Trinajstić information content (AvgIpc) is 2.80. The number of Topliss-reactive ketones (excluding diaryl/α,β-unsaturated/α-hetero) is 1. The minimum absolute atomic E-state index is 0.0573. The molecule has 0 amide bonds. The number of pyridine rings is 1. The van der Waals surface area contributed by atoms with Crippen LogP contribution in [0.2, 0.25) is 0 Å². The van der Waals surface area contributed by atoms with Crippen LogP contribution in [-0.4, -0.2) is 32.9 Å². The number of benzene rings is 1. The predicted octanol–water partition coefficient (Wildman–Crippen LogP) is 3.75. The van der Waals surface area contributed by atoms with E-state index in [0.717, 1.165) is 23.1 Å². The zero-order valence-electron chi connectivity index (χ0n) is 18.4. The first-order valence-corrected chi connectivity index (χ1v) is 11.0. The Balaban J connectivity index is 1.60. The van der Waals surface area contributed by atoms with Crippen LogP contribution in [0.25, 0.3) is 11.3 Å². The summed E-state index contributed by atoms with van der Waals surface area (Å²) in [6, 6.07) is 11.6. The number of ether oxygens (including phenoxy) is 1. The molecule has 1 aromatic carbocycles. The van der Waals surface area contributed by atoms with Crippen LogP contribution in [0.15, 0.2) is 55.0 Å². The molecule has 3 aromatic rings. The summed E-state index contributed by atoms with van der Waals surface area (Å²) in [5.41, 5.74) is 15.7. The molecule has 3 atom stereocenters. The van der Waals surface area contributed by atoms with Gasteiger partial charge in [0.2, 0.25) is 0 Å². The average molecular weight is 432 g/mol. The minimum Gasteiger partial charge on any atom is -0.382 e. The molecule has 32 heavy (non-hydrogen) atoms. The van der Waals surface area contributed by atoms with Gasteiger partial charge in [-0.25, -0.2) is 9.97 Å². The van der Waals surface area contributed by atoms with Crippen molar-refractivity contribution in [3.63, 3.8) is 0 Å². The van der Waals surface area contributed by atoms with E-state index >= 15 is 0 Å². The Kier molecular flexibility index (Phi) is 6.58. The van der Waals surface area contributed by atoms with Gasteiger partial charge in [0.1, 0.15) is 5.69 Å². The minimum atomic E-state index is -0.206. The molecule has 4 rings (SSSR count). The fourth-order valence-electron chi connectivity index (χ4n) is 4.13. The zero-order chi connectivity index (χ0) is 22.7. The normalized spacial score (nSPS) is 20.9. The van der Waals surface area contributed by atoms with Crippen molar-refractivity contribution in [3.8, 4) is 11.3 Å². The molecule has 4 N–H and O–H groups in total. The van der Waals surface area contributed by atoms with Crippen molar-refractivity contribution in [1.29, 1.82) is 0 Å². The van der Waals surface area contributed by atoms with Crippen molar-refractivity contribution >= 4 is 11.6 Å². The molecule has 1 aliphatic rings. The number of nitrogen functional groups attached to an aromatic ring is 1. The summed E-state index contributed by atoms with van der Waals surface area (Å²) in [5, 5.41) is 0. The molecule has 166 valence electrons. The van der Waals surface area contributed by atoms with E-state index in [-0.39, 0.29) is 42.0 Å². The quantitative estimate of drug-likeness (QED) is 0.571. The van der Waals surface area contributed by atoms with E-state index in [1.54, 1.807) is 18.6 Å². The molecule has 7 nitrogen and oxygen atoms in total. The van der Waals surface area contributed by atoms with E-state index < -0.39 is 0 Å². The molecule has 1 saturated heterocycles. The second-order valence-electron chi connectivity index (χ2n) is 8.67. The van der Waals surface area contributed by atoms with Gasteiger partial charge in [0, 0.05) is 30.4 Å². The molecule has 1 aliphatic heterocycles. The first-order valence-electron chi connectivity index (χ1n) is 11.0. The van der Waals surface area contributed by atoms with Gasteiger partial charge in [-0.2, -0.15) is 0 Å². The van der Waals surface area contributed by atoms with Gasteiger partial charge >= 0.3 is 0 Å². The highest BCUT2D eigenvalue weighted by atomic mass is 16.5. The summed E-state index contributed by atoms with van der Waals surface area (Å²) in [6.45, 7) is 4.27. The molecule has 0 unspecified atom stereocenters. The Morgan fingerprint density at radius 1 is 1.16 bits per heavy atom. The smallest absolute Gasteiger partial charge is 0.189 e. The monoisotopic (exact) mass is 431 g/mol. The fraction of sp³-hybridized carbons (Fsp3) is 0.360. The SMILES string of the molecule is CC(C)[C@@H]1C[C@H](N)C[C@H](c2ccncc2CC(=O)c2nc(-c3ccccc3)cnc2N)O1. The third kappa shape index (κ3) is 4.84. The van der Waals surface area contributed by atoms with Crippen LogP contribution in [0.4, 0.5) is 5.82 Å². The van der Waals surface area contributed by atoms with Crippen LogP contribution in [0.3, 0.4) is 0 Å². The lowest BCUT2D eigenvalue weighted by molar-refractivity contribution is -0.0793. The molecular formula is C25H29N5O2. The Bertz CT molecular complexity index is 1090. The van der Waals surface area contributed by atoms with E-state index in [9.17, 15) is 4.79 Å². The van der Waals surface area contributed by atoms with Gasteiger partial charge in [-0.1, -0.05) is 44.2 Å². The maximum absolute atomic E-state index is 13.2. The second-order valence-corrected chi connectivity index (χ2v) is 8.67. The Labute approximate surface area is 188 Å². The lowest BCUT2D eigenvalue weighted by atomic mass is 9.88. The molecule has 3 heterocycles. The van der Waals surface area contributed by atoms with Crippen molar-refractivity contribution in [2.75, 3.05) is 5.73 Å². The topological polar surface area (TPSA) is 117 Å². The van der Waals surface area contributed by atoms with Gasteiger partial charge in [-0.15, -0.1) is 0 Å². The number of carbonyl (C=O) groups excluding carboxylic acids is 1. The van der Waals surface area contributed by atoms with Gasteiger partial charge < -0.3 is 16.2 Å². The molecule has 0 saturated carbocycles. The number of nitrogens with two attached hydrogens (primary N) is 2. The highest BCUT2D eigenvalue weighted by Crippen LogP contribution is 2.35. The lowest BCUT2D eigenvalue weighted by Crippen LogP contribution is -2.39. The van der Waals surface area contributed by atoms with E-state index in [1.807, 2.05) is 36.4 Å². The molecule has 0 radical (unpaired) electrons. The van der Waals surface area contributed by atoms with Crippen LogP contribution in [-0.2, 0) is 11.2 Å². The molecule has 0 bridgehead atoms. The predicted molar refractivity (Wildman–Crippen MR) is 124 cm³/mol. The molecule has 1 fully saturated rings. The van der Waals surface area contributed by atoms with Crippen molar-refractivity contribution in [2.24, 2.45) is 11.7 Å². The second kappa shape index (κ2) is 9.54. The summed E-state index contributed by atoms with van der Waals surface area (Å²) in [5.74, 6) is 0.282. The van der Waals surface area contributed by atoms with Gasteiger partial charge in [-0.3, -0.25) is 9.78 Å². The largest absolute Gasteiger partial charge is 0.382 e. The summed E-state index contributed by atoms with van der Waals surface area (Å²) in [7, 11) is 0.